The molecule has 8 nitrogen and oxygen atoms in total. The van der Waals surface area contributed by atoms with E-state index in [-0.39, 0.29) is 11.5 Å². The second kappa shape index (κ2) is 5.51. The summed E-state index contributed by atoms with van der Waals surface area (Å²) < 4.78 is 0. The van der Waals surface area contributed by atoms with Crippen molar-refractivity contribution >= 4 is 23.2 Å². The molecular formula is C11H17N5O3. The second-order valence-corrected chi connectivity index (χ2v) is 4.50. The molecular weight excluding hydrogens is 250 g/mol. The maximum Gasteiger partial charge on any atom is 0.276 e. The van der Waals surface area contributed by atoms with Crippen molar-refractivity contribution in [3.63, 3.8) is 0 Å². The molecule has 0 aliphatic rings. The maximum atomic E-state index is 11.2. The number of aromatic nitrogens is 1. The molecule has 0 saturated carbocycles. The summed E-state index contributed by atoms with van der Waals surface area (Å²) in [6.45, 7) is 5.57. The van der Waals surface area contributed by atoms with Crippen molar-refractivity contribution in [3.8, 4) is 0 Å². The van der Waals surface area contributed by atoms with Crippen molar-refractivity contribution in [3.05, 3.63) is 22.2 Å². The van der Waals surface area contributed by atoms with Crippen LogP contribution in [0.25, 0.3) is 0 Å². The van der Waals surface area contributed by atoms with Gasteiger partial charge in [-0.2, -0.15) is 0 Å². The minimum Gasteiger partial charge on any atom is -0.370 e. The lowest BCUT2D eigenvalue weighted by Gasteiger charge is -2.23. The van der Waals surface area contributed by atoms with Crippen LogP contribution in [0.3, 0.4) is 0 Å². The molecule has 0 aromatic carbocycles. The molecule has 1 heterocycles. The first kappa shape index (κ1) is 14.7. The van der Waals surface area contributed by atoms with Gasteiger partial charge >= 0.3 is 0 Å². The van der Waals surface area contributed by atoms with Crippen molar-refractivity contribution in [2.75, 3.05) is 17.2 Å². The Morgan fingerprint density at radius 1 is 1.47 bits per heavy atom. The fourth-order valence-corrected chi connectivity index (χ4v) is 1.34. The monoisotopic (exact) mass is 267 g/mol. The summed E-state index contributed by atoms with van der Waals surface area (Å²) in [6, 6.07) is 2.58. The number of nitrogens with two attached hydrogens (primary N) is 1. The number of nitro groups is 1. The van der Waals surface area contributed by atoms with Crippen LogP contribution in [0.4, 0.5) is 17.3 Å². The van der Waals surface area contributed by atoms with Gasteiger partial charge in [-0.3, -0.25) is 14.9 Å². The highest BCUT2D eigenvalue weighted by atomic mass is 16.6. The van der Waals surface area contributed by atoms with Crippen LogP contribution in [0.1, 0.15) is 20.8 Å². The van der Waals surface area contributed by atoms with Crippen molar-refractivity contribution in [1.82, 2.24) is 4.98 Å². The first-order valence-corrected chi connectivity index (χ1v) is 5.74. The summed E-state index contributed by atoms with van der Waals surface area (Å²) in [4.78, 5) is 25.7. The summed E-state index contributed by atoms with van der Waals surface area (Å²) in [7, 11) is 0. The molecule has 104 valence electrons. The Kier molecular flexibility index (Phi) is 4.26. The van der Waals surface area contributed by atoms with E-state index < -0.39 is 16.4 Å². The standard InChI is InChI=1S/C11H17N5O3/c1-4-13-8-5-7(16(18)19)6-9(14-8)15-11(2,3)10(12)17/h5-6H,4H2,1-3H3,(H2,12,17)(H2,13,14,15). The van der Waals surface area contributed by atoms with E-state index in [1.807, 2.05) is 6.92 Å². The lowest BCUT2D eigenvalue weighted by atomic mass is 10.1. The molecule has 0 bridgehead atoms. The van der Waals surface area contributed by atoms with E-state index in [9.17, 15) is 14.9 Å². The number of rotatable bonds is 6. The predicted octanol–water partition coefficient (Wildman–Crippen LogP) is 1.10. The number of hydrogen-bond acceptors (Lipinski definition) is 6. The van der Waals surface area contributed by atoms with E-state index in [4.69, 9.17) is 5.73 Å². The number of primary amides is 1. The Hall–Kier alpha value is -2.38. The molecule has 0 saturated heterocycles. The molecule has 8 heteroatoms. The van der Waals surface area contributed by atoms with Crippen LogP contribution < -0.4 is 16.4 Å². The summed E-state index contributed by atoms with van der Waals surface area (Å²) in [6.07, 6.45) is 0. The number of pyridine rings is 1. The van der Waals surface area contributed by atoms with Crippen molar-refractivity contribution in [1.29, 1.82) is 0 Å². The highest BCUT2D eigenvalue weighted by molar-refractivity contribution is 5.86. The topological polar surface area (TPSA) is 123 Å². The Morgan fingerprint density at radius 3 is 2.53 bits per heavy atom. The summed E-state index contributed by atoms with van der Waals surface area (Å²) in [5, 5.41) is 16.5. The average molecular weight is 267 g/mol. The van der Waals surface area contributed by atoms with Gasteiger partial charge in [-0.05, 0) is 20.8 Å². The first-order valence-electron chi connectivity index (χ1n) is 5.74. The van der Waals surface area contributed by atoms with E-state index >= 15 is 0 Å². The quantitative estimate of drug-likeness (QED) is 0.523. The zero-order chi connectivity index (χ0) is 14.6. The molecule has 0 atom stereocenters. The largest absolute Gasteiger partial charge is 0.370 e. The fourth-order valence-electron chi connectivity index (χ4n) is 1.34. The van der Waals surface area contributed by atoms with E-state index in [0.29, 0.717) is 12.4 Å². The smallest absolute Gasteiger partial charge is 0.276 e. The van der Waals surface area contributed by atoms with Gasteiger partial charge in [0.05, 0.1) is 17.1 Å². The lowest BCUT2D eigenvalue weighted by molar-refractivity contribution is -0.384. The Morgan fingerprint density at radius 2 is 2.05 bits per heavy atom. The fraction of sp³-hybridized carbons (Fsp3) is 0.455. The molecule has 1 aromatic rings. The Labute approximate surface area is 110 Å². The molecule has 0 fully saturated rings. The summed E-state index contributed by atoms with van der Waals surface area (Å²) >= 11 is 0. The number of anilines is 2. The van der Waals surface area contributed by atoms with E-state index in [2.05, 4.69) is 15.6 Å². The number of carbonyl (C=O) groups is 1. The van der Waals surface area contributed by atoms with Gasteiger partial charge in [0.2, 0.25) is 5.91 Å². The minimum atomic E-state index is -1.05. The molecule has 0 aliphatic carbocycles. The van der Waals surface area contributed by atoms with Crippen molar-refractivity contribution < 1.29 is 9.72 Å². The third kappa shape index (κ3) is 3.80. The minimum absolute atomic E-state index is 0.117. The number of carbonyl (C=O) groups excluding carboxylic acids is 1. The molecule has 0 radical (unpaired) electrons. The third-order valence-electron chi connectivity index (χ3n) is 2.44. The van der Waals surface area contributed by atoms with Crippen molar-refractivity contribution in [2.24, 2.45) is 5.73 Å². The number of nitrogens with one attached hydrogen (secondary N) is 2. The van der Waals surface area contributed by atoms with E-state index in [1.54, 1.807) is 13.8 Å². The molecule has 0 spiro atoms. The maximum absolute atomic E-state index is 11.2. The number of nitrogens with zero attached hydrogens (tertiary/aromatic N) is 2. The molecule has 19 heavy (non-hydrogen) atoms. The SMILES string of the molecule is CCNc1cc([N+](=O)[O-])cc(NC(C)(C)C(N)=O)n1. The number of hydrogen-bond donors (Lipinski definition) is 3. The molecule has 0 aliphatic heterocycles. The first-order chi connectivity index (χ1) is 8.76. The van der Waals surface area contributed by atoms with Crippen LogP contribution in [-0.2, 0) is 4.79 Å². The van der Waals surface area contributed by atoms with E-state index in [1.165, 1.54) is 12.1 Å². The van der Waals surface area contributed by atoms with Crippen LogP contribution >= 0.6 is 0 Å². The predicted molar refractivity (Wildman–Crippen MR) is 72.0 cm³/mol. The van der Waals surface area contributed by atoms with E-state index in [0.717, 1.165) is 0 Å². The van der Waals surface area contributed by atoms with Gasteiger partial charge in [0.1, 0.15) is 17.2 Å². The van der Waals surface area contributed by atoms with Gasteiger partial charge in [-0.15, -0.1) is 0 Å². The Balaban J connectivity index is 3.12. The summed E-state index contributed by atoms with van der Waals surface area (Å²) in [5.41, 5.74) is 4.07. The lowest BCUT2D eigenvalue weighted by Crippen LogP contribution is -2.45. The number of amides is 1. The van der Waals surface area contributed by atoms with Crippen molar-refractivity contribution in [2.45, 2.75) is 26.3 Å². The van der Waals surface area contributed by atoms with Gasteiger partial charge in [-0.1, -0.05) is 0 Å². The zero-order valence-corrected chi connectivity index (χ0v) is 11.1. The molecule has 1 aromatic heterocycles. The zero-order valence-electron chi connectivity index (χ0n) is 11.1. The van der Waals surface area contributed by atoms with Crippen LogP contribution in [0.5, 0.6) is 0 Å². The Bertz CT molecular complexity index is 501. The van der Waals surface area contributed by atoms with Gasteiger partial charge in [-0.25, -0.2) is 4.98 Å². The highest BCUT2D eigenvalue weighted by Crippen LogP contribution is 2.22. The average Bonchev–Trinajstić information content (AvgIpc) is 2.28. The van der Waals surface area contributed by atoms with Gasteiger partial charge in [0.25, 0.3) is 5.69 Å². The van der Waals surface area contributed by atoms with Gasteiger partial charge in [0.15, 0.2) is 0 Å². The van der Waals surface area contributed by atoms with Crippen LogP contribution in [0.2, 0.25) is 0 Å². The molecule has 1 amide bonds. The van der Waals surface area contributed by atoms with Crippen LogP contribution in [0.15, 0.2) is 12.1 Å². The summed E-state index contributed by atoms with van der Waals surface area (Å²) in [5.74, 6) is -0.000716. The van der Waals surface area contributed by atoms with Crippen LogP contribution in [0, 0.1) is 10.1 Å². The van der Waals surface area contributed by atoms with Crippen LogP contribution in [-0.4, -0.2) is 27.9 Å². The van der Waals surface area contributed by atoms with Gasteiger partial charge < -0.3 is 16.4 Å². The second-order valence-electron chi connectivity index (χ2n) is 4.50. The third-order valence-corrected chi connectivity index (χ3v) is 2.44. The van der Waals surface area contributed by atoms with Gasteiger partial charge in [0, 0.05) is 6.54 Å². The highest BCUT2D eigenvalue weighted by Gasteiger charge is 2.26. The molecule has 4 N–H and O–H groups in total. The normalized spacial score (nSPS) is 10.9. The molecule has 0 unspecified atom stereocenters. The molecule has 1 rings (SSSR count).